The van der Waals surface area contributed by atoms with Crippen molar-refractivity contribution in [1.29, 1.82) is 0 Å². The third-order valence-electron chi connectivity index (χ3n) is 2.09. The molecule has 1 aliphatic rings. The van der Waals surface area contributed by atoms with Gasteiger partial charge in [-0.05, 0) is 19.4 Å². The molecule has 11 heavy (non-hydrogen) atoms. The molecule has 1 aliphatic heterocycles. The summed E-state index contributed by atoms with van der Waals surface area (Å²) in [5.74, 6) is 0.941. The zero-order chi connectivity index (χ0) is 7.94. The molecule has 0 aromatic carbocycles. The van der Waals surface area contributed by atoms with E-state index < -0.39 is 0 Å². The number of rotatable bonds is 3. The van der Waals surface area contributed by atoms with Gasteiger partial charge >= 0.3 is 0 Å². The van der Waals surface area contributed by atoms with Crippen LogP contribution in [0.2, 0.25) is 0 Å². The van der Waals surface area contributed by atoms with Gasteiger partial charge < -0.3 is 10.6 Å². The molecule has 3 heteroatoms. The van der Waals surface area contributed by atoms with Crippen molar-refractivity contribution < 1.29 is 0 Å². The Labute approximate surface area is 74.5 Å². The Morgan fingerprint density at radius 2 is 2.36 bits per heavy atom. The van der Waals surface area contributed by atoms with Crippen LogP contribution in [0.25, 0.3) is 0 Å². The lowest BCUT2D eigenvalue weighted by Crippen LogP contribution is -2.38. The third-order valence-corrected chi connectivity index (χ3v) is 2.32. The first-order valence-corrected chi connectivity index (χ1v) is 5.11. The van der Waals surface area contributed by atoms with Crippen LogP contribution in [0, 0.1) is 0 Å². The minimum Gasteiger partial charge on any atom is -0.315 e. The van der Waals surface area contributed by atoms with E-state index in [1.54, 1.807) is 0 Å². The fourth-order valence-electron chi connectivity index (χ4n) is 1.46. The normalized spacial score (nSPS) is 26.5. The van der Waals surface area contributed by atoms with Gasteiger partial charge in [-0.15, -0.1) is 0 Å². The molecule has 1 heterocycles. The predicted octanol–water partition coefficient (Wildman–Crippen LogP) is 0.648. The van der Waals surface area contributed by atoms with E-state index >= 15 is 0 Å². The quantitative estimate of drug-likeness (QED) is 0.547. The maximum Gasteiger partial charge on any atom is 0.0192 e. The molecule has 1 unspecified atom stereocenters. The Morgan fingerprint density at radius 1 is 1.45 bits per heavy atom. The van der Waals surface area contributed by atoms with E-state index in [0.29, 0.717) is 6.04 Å². The van der Waals surface area contributed by atoms with Gasteiger partial charge in [-0.1, -0.05) is 6.42 Å². The molecule has 0 aliphatic carbocycles. The Morgan fingerprint density at radius 3 is 3.18 bits per heavy atom. The summed E-state index contributed by atoms with van der Waals surface area (Å²) in [7, 11) is 0. The smallest absolute Gasteiger partial charge is 0.0192 e. The van der Waals surface area contributed by atoms with Crippen LogP contribution in [0.4, 0.5) is 0 Å². The van der Waals surface area contributed by atoms with Gasteiger partial charge in [0, 0.05) is 24.9 Å². The van der Waals surface area contributed by atoms with Crippen molar-refractivity contribution >= 4 is 12.6 Å². The minimum atomic E-state index is 0.685. The van der Waals surface area contributed by atoms with Gasteiger partial charge in [0.2, 0.25) is 0 Å². The molecule has 0 amide bonds. The van der Waals surface area contributed by atoms with Crippen LogP contribution in [0.15, 0.2) is 0 Å². The fraction of sp³-hybridized carbons (Fsp3) is 1.00. The van der Waals surface area contributed by atoms with E-state index in [1.807, 2.05) is 0 Å². The van der Waals surface area contributed by atoms with Crippen molar-refractivity contribution in [1.82, 2.24) is 10.6 Å². The second kappa shape index (κ2) is 5.86. The van der Waals surface area contributed by atoms with Crippen LogP contribution >= 0.6 is 12.6 Å². The first-order valence-electron chi connectivity index (χ1n) is 4.48. The summed E-state index contributed by atoms with van der Waals surface area (Å²) in [6.45, 7) is 3.36. The first-order chi connectivity index (χ1) is 5.43. The highest BCUT2D eigenvalue weighted by atomic mass is 32.1. The van der Waals surface area contributed by atoms with Crippen molar-refractivity contribution in [3.05, 3.63) is 0 Å². The molecular weight excluding hydrogens is 156 g/mol. The van der Waals surface area contributed by atoms with Gasteiger partial charge in [0.1, 0.15) is 0 Å². The lowest BCUT2D eigenvalue weighted by atomic mass is 10.1. The Kier molecular flexibility index (Phi) is 4.99. The molecule has 0 bridgehead atoms. The van der Waals surface area contributed by atoms with Crippen molar-refractivity contribution in [2.24, 2.45) is 0 Å². The number of nitrogens with one attached hydrogen (secondary N) is 2. The van der Waals surface area contributed by atoms with Crippen LogP contribution in [-0.4, -0.2) is 31.4 Å². The Bertz CT molecular complexity index is 90.1. The highest BCUT2D eigenvalue weighted by molar-refractivity contribution is 7.80. The summed E-state index contributed by atoms with van der Waals surface area (Å²) in [5, 5.41) is 6.89. The van der Waals surface area contributed by atoms with E-state index in [2.05, 4.69) is 23.3 Å². The number of hydrogen-bond donors (Lipinski definition) is 3. The molecule has 2 nitrogen and oxygen atoms in total. The molecule has 66 valence electrons. The van der Waals surface area contributed by atoms with Gasteiger partial charge in [0.25, 0.3) is 0 Å². The maximum absolute atomic E-state index is 4.16. The van der Waals surface area contributed by atoms with Crippen molar-refractivity contribution in [2.45, 2.75) is 25.3 Å². The molecule has 1 rings (SSSR count). The average Bonchev–Trinajstić information content (AvgIpc) is 2.28. The van der Waals surface area contributed by atoms with E-state index in [1.165, 1.54) is 25.8 Å². The number of thiol groups is 1. The molecule has 0 aromatic rings. The van der Waals surface area contributed by atoms with Gasteiger partial charge in [0.05, 0.1) is 0 Å². The molecule has 0 spiro atoms. The molecule has 2 N–H and O–H groups in total. The standard InChI is InChI=1S/C8H18N2S/c11-6-5-10-8-3-1-2-4-9-7-8/h8-11H,1-7H2. The molecule has 0 radical (unpaired) electrons. The van der Waals surface area contributed by atoms with Crippen LogP contribution in [0.3, 0.4) is 0 Å². The summed E-state index contributed by atoms with van der Waals surface area (Å²) < 4.78 is 0. The maximum atomic E-state index is 4.16. The lowest BCUT2D eigenvalue weighted by molar-refractivity contribution is 0.490. The summed E-state index contributed by atoms with van der Waals surface area (Å²) in [5.41, 5.74) is 0. The predicted molar refractivity (Wildman–Crippen MR) is 52.4 cm³/mol. The molecule has 1 fully saturated rings. The summed E-state index contributed by atoms with van der Waals surface area (Å²) >= 11 is 4.16. The largest absolute Gasteiger partial charge is 0.315 e. The SMILES string of the molecule is SCCNC1CCCCNC1. The molecule has 0 aromatic heterocycles. The van der Waals surface area contributed by atoms with Crippen LogP contribution < -0.4 is 10.6 Å². The van der Waals surface area contributed by atoms with E-state index in [-0.39, 0.29) is 0 Å². The average molecular weight is 174 g/mol. The van der Waals surface area contributed by atoms with E-state index in [4.69, 9.17) is 0 Å². The molecule has 1 atom stereocenters. The Balaban J connectivity index is 2.09. The van der Waals surface area contributed by atoms with Crippen LogP contribution in [-0.2, 0) is 0 Å². The molecular formula is C8H18N2S. The topological polar surface area (TPSA) is 24.1 Å². The van der Waals surface area contributed by atoms with E-state index in [9.17, 15) is 0 Å². The third kappa shape index (κ3) is 3.99. The summed E-state index contributed by atoms with van der Waals surface area (Å²) in [4.78, 5) is 0. The van der Waals surface area contributed by atoms with Gasteiger partial charge in [-0.2, -0.15) is 12.6 Å². The van der Waals surface area contributed by atoms with Crippen molar-refractivity contribution in [3.63, 3.8) is 0 Å². The zero-order valence-electron chi connectivity index (χ0n) is 6.97. The van der Waals surface area contributed by atoms with Crippen molar-refractivity contribution in [2.75, 3.05) is 25.4 Å². The van der Waals surface area contributed by atoms with E-state index in [0.717, 1.165) is 18.8 Å². The van der Waals surface area contributed by atoms with Crippen LogP contribution in [0.1, 0.15) is 19.3 Å². The zero-order valence-corrected chi connectivity index (χ0v) is 7.87. The molecule has 1 saturated heterocycles. The van der Waals surface area contributed by atoms with Gasteiger partial charge in [-0.3, -0.25) is 0 Å². The minimum absolute atomic E-state index is 0.685. The van der Waals surface area contributed by atoms with Crippen LogP contribution in [0.5, 0.6) is 0 Å². The Hall–Kier alpha value is 0.270. The first kappa shape index (κ1) is 9.36. The fourth-order valence-corrected chi connectivity index (χ4v) is 1.59. The second-order valence-corrected chi connectivity index (χ2v) is 3.52. The number of hydrogen-bond acceptors (Lipinski definition) is 3. The lowest BCUT2D eigenvalue weighted by Gasteiger charge is -2.14. The molecule has 0 saturated carbocycles. The second-order valence-electron chi connectivity index (χ2n) is 3.07. The summed E-state index contributed by atoms with van der Waals surface area (Å²) in [6.07, 6.45) is 4.01. The monoisotopic (exact) mass is 174 g/mol. The van der Waals surface area contributed by atoms with Gasteiger partial charge in [-0.25, -0.2) is 0 Å². The van der Waals surface area contributed by atoms with Crippen molar-refractivity contribution in [3.8, 4) is 0 Å². The summed E-state index contributed by atoms with van der Waals surface area (Å²) in [6, 6.07) is 0.685. The van der Waals surface area contributed by atoms with Gasteiger partial charge in [0.15, 0.2) is 0 Å². The highest BCUT2D eigenvalue weighted by Gasteiger charge is 2.09. The highest BCUT2D eigenvalue weighted by Crippen LogP contribution is 2.03.